The number of carbonyl (C=O) groups excluding carboxylic acids is 2. The molecule has 0 saturated carbocycles. The van der Waals surface area contributed by atoms with Crippen LogP contribution in [-0.2, 0) is 16.0 Å². The van der Waals surface area contributed by atoms with Crippen molar-refractivity contribution in [2.24, 2.45) is 5.92 Å². The van der Waals surface area contributed by atoms with E-state index in [4.69, 9.17) is 0 Å². The molecule has 0 bridgehead atoms. The standard InChI is InChI=1S/C18H26N2O2S/c1-4-5-14-6-8-15(9-7-14)18(13(2)3)19-16(21)10-20-12-23-11-17(20)22/h6-9,13,18H,4-5,10-12H2,1-3H3,(H,19,21)/t18-/m1/s1. The van der Waals surface area contributed by atoms with Crippen LogP contribution in [0.2, 0.25) is 0 Å². The van der Waals surface area contributed by atoms with E-state index in [0.29, 0.717) is 17.5 Å². The lowest BCUT2D eigenvalue weighted by atomic mass is 9.94. The Kier molecular flexibility index (Phi) is 6.51. The maximum absolute atomic E-state index is 12.3. The van der Waals surface area contributed by atoms with E-state index in [-0.39, 0.29) is 24.4 Å². The van der Waals surface area contributed by atoms with E-state index in [2.05, 4.69) is 50.4 Å². The lowest BCUT2D eigenvalue weighted by molar-refractivity contribution is -0.132. The Balaban J connectivity index is 2.00. The molecule has 0 unspecified atom stereocenters. The van der Waals surface area contributed by atoms with Crippen LogP contribution in [0.3, 0.4) is 0 Å². The van der Waals surface area contributed by atoms with Crippen LogP contribution in [-0.4, -0.2) is 34.9 Å². The number of amides is 2. The summed E-state index contributed by atoms with van der Waals surface area (Å²) in [5, 5.41) is 3.09. The van der Waals surface area contributed by atoms with Crippen molar-refractivity contribution in [1.29, 1.82) is 0 Å². The fraction of sp³-hybridized carbons (Fsp3) is 0.556. The Hall–Kier alpha value is -1.49. The van der Waals surface area contributed by atoms with Crippen LogP contribution < -0.4 is 5.32 Å². The Morgan fingerprint density at radius 2 is 2.00 bits per heavy atom. The zero-order valence-corrected chi connectivity index (χ0v) is 15.0. The van der Waals surface area contributed by atoms with Crippen molar-refractivity contribution in [1.82, 2.24) is 10.2 Å². The molecule has 1 saturated heterocycles. The molecule has 1 aromatic carbocycles. The number of hydrogen-bond donors (Lipinski definition) is 1. The van der Waals surface area contributed by atoms with Gasteiger partial charge < -0.3 is 10.2 Å². The number of hydrogen-bond acceptors (Lipinski definition) is 3. The van der Waals surface area contributed by atoms with Crippen LogP contribution >= 0.6 is 11.8 Å². The highest BCUT2D eigenvalue weighted by atomic mass is 32.2. The van der Waals surface area contributed by atoms with Crippen molar-refractivity contribution in [3.05, 3.63) is 35.4 Å². The van der Waals surface area contributed by atoms with Gasteiger partial charge >= 0.3 is 0 Å². The zero-order valence-electron chi connectivity index (χ0n) is 14.2. The number of nitrogens with one attached hydrogen (secondary N) is 1. The lowest BCUT2D eigenvalue weighted by Gasteiger charge is -2.24. The third-order valence-corrected chi connectivity index (χ3v) is 4.97. The maximum atomic E-state index is 12.3. The van der Waals surface area contributed by atoms with Crippen LogP contribution in [0.5, 0.6) is 0 Å². The molecule has 23 heavy (non-hydrogen) atoms. The van der Waals surface area contributed by atoms with E-state index < -0.39 is 0 Å². The first-order valence-electron chi connectivity index (χ1n) is 8.25. The highest BCUT2D eigenvalue weighted by Gasteiger charge is 2.25. The van der Waals surface area contributed by atoms with Crippen LogP contribution in [0.25, 0.3) is 0 Å². The third kappa shape index (κ3) is 4.99. The van der Waals surface area contributed by atoms with Gasteiger partial charge in [-0.2, -0.15) is 0 Å². The van der Waals surface area contributed by atoms with E-state index in [0.717, 1.165) is 18.4 Å². The van der Waals surface area contributed by atoms with Crippen LogP contribution in [0.4, 0.5) is 0 Å². The van der Waals surface area contributed by atoms with Gasteiger partial charge in [-0.3, -0.25) is 9.59 Å². The van der Waals surface area contributed by atoms with Gasteiger partial charge in [0.15, 0.2) is 0 Å². The molecule has 1 aliphatic rings. The summed E-state index contributed by atoms with van der Waals surface area (Å²) < 4.78 is 0. The first kappa shape index (κ1) is 17.9. The molecule has 126 valence electrons. The van der Waals surface area contributed by atoms with E-state index >= 15 is 0 Å². The molecule has 1 aliphatic heterocycles. The van der Waals surface area contributed by atoms with Gasteiger partial charge in [0, 0.05) is 0 Å². The van der Waals surface area contributed by atoms with Crippen molar-refractivity contribution in [3.63, 3.8) is 0 Å². The first-order valence-corrected chi connectivity index (χ1v) is 9.40. The number of thioether (sulfide) groups is 1. The van der Waals surface area contributed by atoms with Gasteiger partial charge in [0.1, 0.15) is 6.54 Å². The monoisotopic (exact) mass is 334 g/mol. The quantitative estimate of drug-likeness (QED) is 0.834. The van der Waals surface area contributed by atoms with Crippen molar-refractivity contribution >= 4 is 23.6 Å². The minimum absolute atomic E-state index is 0.0245. The Labute approximate surface area is 143 Å². The minimum atomic E-state index is -0.0859. The van der Waals surface area contributed by atoms with E-state index in [1.165, 1.54) is 5.56 Å². The van der Waals surface area contributed by atoms with E-state index in [1.807, 2.05) is 0 Å². The Morgan fingerprint density at radius 3 is 2.52 bits per heavy atom. The highest BCUT2D eigenvalue weighted by Crippen LogP contribution is 2.23. The predicted molar refractivity (Wildman–Crippen MR) is 95.2 cm³/mol. The van der Waals surface area contributed by atoms with Gasteiger partial charge in [-0.05, 0) is 23.5 Å². The number of rotatable bonds is 7. The summed E-state index contributed by atoms with van der Waals surface area (Å²) in [7, 11) is 0. The summed E-state index contributed by atoms with van der Waals surface area (Å²) in [5.41, 5.74) is 2.44. The molecular formula is C18H26N2O2S. The molecule has 1 heterocycles. The van der Waals surface area contributed by atoms with Gasteiger partial charge in [0.2, 0.25) is 11.8 Å². The average molecular weight is 334 g/mol. The molecule has 1 aromatic rings. The highest BCUT2D eigenvalue weighted by molar-refractivity contribution is 8.00. The normalized spacial score (nSPS) is 16.0. The van der Waals surface area contributed by atoms with Crippen molar-refractivity contribution < 1.29 is 9.59 Å². The van der Waals surface area contributed by atoms with E-state index in [1.54, 1.807) is 16.7 Å². The molecule has 2 rings (SSSR count). The van der Waals surface area contributed by atoms with Crippen LogP contribution in [0.1, 0.15) is 44.4 Å². The molecule has 0 radical (unpaired) electrons. The molecule has 2 amide bonds. The number of carbonyl (C=O) groups is 2. The van der Waals surface area contributed by atoms with Crippen LogP contribution in [0, 0.1) is 5.92 Å². The Bertz CT molecular complexity index is 542. The molecule has 1 atom stereocenters. The fourth-order valence-corrected chi connectivity index (χ4v) is 3.65. The summed E-state index contributed by atoms with van der Waals surface area (Å²) in [5.74, 6) is 1.36. The number of benzene rings is 1. The number of nitrogens with zero attached hydrogens (tertiary/aromatic N) is 1. The lowest BCUT2D eigenvalue weighted by Crippen LogP contribution is -2.40. The van der Waals surface area contributed by atoms with Crippen molar-refractivity contribution in [2.45, 2.75) is 39.7 Å². The van der Waals surface area contributed by atoms with E-state index in [9.17, 15) is 9.59 Å². The molecule has 0 spiro atoms. The van der Waals surface area contributed by atoms with Crippen LogP contribution in [0.15, 0.2) is 24.3 Å². The SMILES string of the molecule is CCCc1ccc([C@H](NC(=O)CN2CSCC2=O)C(C)C)cc1. The van der Waals surface area contributed by atoms with Gasteiger partial charge in [0.05, 0.1) is 17.7 Å². The first-order chi connectivity index (χ1) is 11.0. The minimum Gasteiger partial charge on any atom is -0.347 e. The van der Waals surface area contributed by atoms with Gasteiger partial charge in [-0.25, -0.2) is 0 Å². The third-order valence-electron chi connectivity index (χ3n) is 4.02. The number of aryl methyl sites for hydroxylation is 1. The molecule has 1 N–H and O–H groups in total. The summed E-state index contributed by atoms with van der Waals surface area (Å²) in [6.07, 6.45) is 2.21. The van der Waals surface area contributed by atoms with Crippen molar-refractivity contribution in [3.8, 4) is 0 Å². The van der Waals surface area contributed by atoms with Crippen molar-refractivity contribution in [2.75, 3.05) is 18.2 Å². The molecule has 5 heteroatoms. The van der Waals surface area contributed by atoms with Gasteiger partial charge in [0.25, 0.3) is 0 Å². The second kappa shape index (κ2) is 8.39. The van der Waals surface area contributed by atoms with Gasteiger partial charge in [-0.1, -0.05) is 51.5 Å². The smallest absolute Gasteiger partial charge is 0.240 e. The average Bonchev–Trinajstić information content (AvgIpc) is 2.91. The summed E-state index contributed by atoms with van der Waals surface area (Å²) in [6.45, 7) is 6.52. The zero-order chi connectivity index (χ0) is 16.8. The second-order valence-electron chi connectivity index (χ2n) is 6.35. The molecular weight excluding hydrogens is 308 g/mol. The van der Waals surface area contributed by atoms with Gasteiger partial charge in [-0.15, -0.1) is 11.8 Å². The second-order valence-corrected chi connectivity index (χ2v) is 7.31. The molecule has 0 aliphatic carbocycles. The molecule has 1 fully saturated rings. The summed E-state index contributed by atoms with van der Waals surface area (Å²) in [4.78, 5) is 25.5. The summed E-state index contributed by atoms with van der Waals surface area (Å²) in [6, 6.07) is 8.46. The largest absolute Gasteiger partial charge is 0.347 e. The Morgan fingerprint density at radius 1 is 1.30 bits per heavy atom. The summed E-state index contributed by atoms with van der Waals surface area (Å²) >= 11 is 1.56. The molecule has 4 nitrogen and oxygen atoms in total. The molecule has 0 aromatic heterocycles. The maximum Gasteiger partial charge on any atom is 0.240 e. The fourth-order valence-electron chi connectivity index (χ4n) is 2.75. The predicted octanol–water partition coefficient (Wildman–Crippen LogP) is 2.99. The topological polar surface area (TPSA) is 49.4 Å².